The van der Waals surface area contributed by atoms with Crippen molar-refractivity contribution in [3.8, 4) is 0 Å². The smallest absolute Gasteiger partial charge is 0.222 e. The molecule has 5 heteroatoms. The van der Waals surface area contributed by atoms with E-state index < -0.39 is 0 Å². The molecule has 84 valence electrons. The number of H-pyrrole nitrogens is 1. The molecule has 0 fully saturated rings. The minimum Gasteiger partial charge on any atom is -0.347 e. The fourth-order valence-corrected chi connectivity index (χ4v) is 1.45. The van der Waals surface area contributed by atoms with E-state index in [4.69, 9.17) is 11.6 Å². The zero-order valence-electron chi connectivity index (χ0n) is 8.87. The zero-order valence-corrected chi connectivity index (χ0v) is 9.63. The molecule has 1 amide bonds. The Kier molecular flexibility index (Phi) is 5.18. The number of amides is 1. The first-order valence-electron chi connectivity index (χ1n) is 5.02. The number of aromatic amines is 1. The molecule has 0 aliphatic rings. The van der Waals surface area contributed by atoms with Crippen molar-refractivity contribution < 1.29 is 4.79 Å². The van der Waals surface area contributed by atoms with Crippen LogP contribution in [0.25, 0.3) is 0 Å². The van der Waals surface area contributed by atoms with Crippen LogP contribution in [-0.4, -0.2) is 33.7 Å². The number of carbonyl (C=O) groups is 1. The number of hydrogen-bond donors (Lipinski definition) is 1. The van der Waals surface area contributed by atoms with Crippen LogP contribution < -0.4 is 0 Å². The van der Waals surface area contributed by atoms with Gasteiger partial charge in [-0.25, -0.2) is 4.98 Å². The summed E-state index contributed by atoms with van der Waals surface area (Å²) < 4.78 is 0. The molecule has 0 aliphatic carbocycles. The fraction of sp³-hybridized carbons (Fsp3) is 0.600. The van der Waals surface area contributed by atoms with Crippen LogP contribution in [0.1, 0.15) is 25.1 Å². The van der Waals surface area contributed by atoms with Gasteiger partial charge in [0.05, 0.1) is 6.54 Å². The molecule has 4 nitrogen and oxygen atoms in total. The van der Waals surface area contributed by atoms with Crippen molar-refractivity contribution in [1.82, 2.24) is 14.9 Å². The van der Waals surface area contributed by atoms with Crippen LogP contribution in [-0.2, 0) is 11.3 Å². The molecule has 1 rings (SSSR count). The molecule has 0 saturated heterocycles. The lowest BCUT2D eigenvalue weighted by Gasteiger charge is -2.15. The largest absolute Gasteiger partial charge is 0.347 e. The van der Waals surface area contributed by atoms with Crippen molar-refractivity contribution in [1.29, 1.82) is 0 Å². The molecular formula is C10H16ClN3O. The highest BCUT2D eigenvalue weighted by Gasteiger charge is 2.09. The second-order valence-electron chi connectivity index (χ2n) is 3.43. The van der Waals surface area contributed by atoms with Crippen LogP contribution in [0.15, 0.2) is 12.4 Å². The predicted octanol–water partition coefficient (Wildman–Crippen LogP) is 1.78. The number of aromatic nitrogens is 2. The first kappa shape index (κ1) is 12.0. The summed E-state index contributed by atoms with van der Waals surface area (Å²) in [5.41, 5.74) is 0. The second kappa shape index (κ2) is 6.45. The Hall–Kier alpha value is -1.03. The van der Waals surface area contributed by atoms with E-state index in [-0.39, 0.29) is 5.91 Å². The van der Waals surface area contributed by atoms with Gasteiger partial charge in [-0.3, -0.25) is 4.79 Å². The van der Waals surface area contributed by atoms with Gasteiger partial charge in [-0.05, 0) is 12.8 Å². The van der Waals surface area contributed by atoms with Gasteiger partial charge in [-0.2, -0.15) is 0 Å². The van der Waals surface area contributed by atoms with Gasteiger partial charge in [0.2, 0.25) is 5.91 Å². The van der Waals surface area contributed by atoms with Gasteiger partial charge in [-0.15, -0.1) is 11.6 Å². The minimum atomic E-state index is 0.136. The lowest BCUT2D eigenvalue weighted by Crippen LogP contribution is -2.26. The summed E-state index contributed by atoms with van der Waals surface area (Å²) in [7, 11) is 1.78. The number of nitrogens with one attached hydrogen (secondary N) is 1. The summed E-state index contributed by atoms with van der Waals surface area (Å²) in [6.07, 6.45) is 5.74. The van der Waals surface area contributed by atoms with Gasteiger partial charge < -0.3 is 9.88 Å². The van der Waals surface area contributed by atoms with Crippen LogP contribution in [0.3, 0.4) is 0 Å². The number of carbonyl (C=O) groups excluding carboxylic acids is 1. The van der Waals surface area contributed by atoms with Crippen molar-refractivity contribution in [2.75, 3.05) is 12.9 Å². The summed E-state index contributed by atoms with van der Waals surface area (Å²) in [5.74, 6) is 1.56. The average Bonchev–Trinajstić information content (AvgIpc) is 2.70. The molecule has 1 heterocycles. The number of unbranched alkanes of at least 4 members (excludes halogenated alkanes) is 1. The van der Waals surface area contributed by atoms with Crippen LogP contribution in [0.5, 0.6) is 0 Å². The van der Waals surface area contributed by atoms with Crippen LogP contribution in [0, 0.1) is 0 Å². The van der Waals surface area contributed by atoms with Crippen molar-refractivity contribution in [3.63, 3.8) is 0 Å². The quantitative estimate of drug-likeness (QED) is 0.597. The molecule has 0 unspecified atom stereocenters. The summed E-state index contributed by atoms with van der Waals surface area (Å²) in [6, 6.07) is 0. The SMILES string of the molecule is CN(Cc1ncc[nH]1)C(=O)CCCCCl. The fourth-order valence-electron chi connectivity index (χ4n) is 1.26. The molecule has 0 aromatic carbocycles. The van der Waals surface area contributed by atoms with Gasteiger partial charge in [0, 0.05) is 31.7 Å². The van der Waals surface area contributed by atoms with E-state index in [0.717, 1.165) is 18.7 Å². The maximum Gasteiger partial charge on any atom is 0.222 e. The zero-order chi connectivity index (χ0) is 11.1. The van der Waals surface area contributed by atoms with Gasteiger partial charge in [-0.1, -0.05) is 0 Å². The Labute approximate surface area is 94.6 Å². The Morgan fingerprint density at radius 2 is 2.40 bits per heavy atom. The molecule has 0 aliphatic heterocycles. The Balaban J connectivity index is 2.27. The van der Waals surface area contributed by atoms with Crippen molar-refractivity contribution in [2.45, 2.75) is 25.8 Å². The van der Waals surface area contributed by atoms with E-state index in [1.165, 1.54) is 0 Å². The topological polar surface area (TPSA) is 49.0 Å². The van der Waals surface area contributed by atoms with Crippen molar-refractivity contribution in [3.05, 3.63) is 18.2 Å². The molecule has 0 saturated carbocycles. The van der Waals surface area contributed by atoms with Gasteiger partial charge in [0.25, 0.3) is 0 Å². The van der Waals surface area contributed by atoms with Gasteiger partial charge in [0.15, 0.2) is 0 Å². The Morgan fingerprint density at radius 1 is 1.60 bits per heavy atom. The lowest BCUT2D eigenvalue weighted by atomic mass is 10.2. The van der Waals surface area contributed by atoms with Crippen LogP contribution in [0.4, 0.5) is 0 Å². The standard InChI is InChI=1S/C10H16ClN3O/c1-14(8-9-12-6-7-13-9)10(15)4-2-3-5-11/h6-7H,2-5,8H2,1H3,(H,12,13). The first-order chi connectivity index (χ1) is 7.24. The molecule has 15 heavy (non-hydrogen) atoms. The van der Waals surface area contributed by atoms with E-state index in [9.17, 15) is 4.79 Å². The molecule has 1 N–H and O–H groups in total. The number of hydrogen-bond acceptors (Lipinski definition) is 2. The normalized spacial score (nSPS) is 10.3. The first-order valence-corrected chi connectivity index (χ1v) is 5.55. The third-order valence-electron chi connectivity index (χ3n) is 2.14. The summed E-state index contributed by atoms with van der Waals surface area (Å²) in [5, 5.41) is 0. The highest BCUT2D eigenvalue weighted by atomic mass is 35.5. The number of imidazole rings is 1. The molecular weight excluding hydrogens is 214 g/mol. The van der Waals surface area contributed by atoms with Crippen molar-refractivity contribution >= 4 is 17.5 Å². The number of rotatable bonds is 6. The monoisotopic (exact) mass is 229 g/mol. The highest BCUT2D eigenvalue weighted by molar-refractivity contribution is 6.17. The van der Waals surface area contributed by atoms with Crippen molar-refractivity contribution in [2.24, 2.45) is 0 Å². The maximum absolute atomic E-state index is 11.6. The third kappa shape index (κ3) is 4.34. The van der Waals surface area contributed by atoms with E-state index >= 15 is 0 Å². The van der Waals surface area contributed by atoms with E-state index in [2.05, 4.69) is 9.97 Å². The summed E-state index contributed by atoms with van der Waals surface area (Å²) in [6.45, 7) is 0.534. The average molecular weight is 230 g/mol. The van der Waals surface area contributed by atoms with E-state index in [1.807, 2.05) is 0 Å². The van der Waals surface area contributed by atoms with Crippen LogP contribution >= 0.6 is 11.6 Å². The summed E-state index contributed by atoms with van der Waals surface area (Å²) in [4.78, 5) is 20.3. The van der Waals surface area contributed by atoms with Gasteiger partial charge >= 0.3 is 0 Å². The summed E-state index contributed by atoms with van der Waals surface area (Å²) >= 11 is 5.54. The lowest BCUT2D eigenvalue weighted by molar-refractivity contribution is -0.130. The molecule has 0 radical (unpaired) electrons. The Morgan fingerprint density at radius 3 is 3.00 bits per heavy atom. The molecule has 1 aromatic heterocycles. The van der Waals surface area contributed by atoms with E-state index in [1.54, 1.807) is 24.3 Å². The number of nitrogens with zero attached hydrogens (tertiary/aromatic N) is 2. The highest BCUT2D eigenvalue weighted by Crippen LogP contribution is 2.03. The molecule has 1 aromatic rings. The number of halogens is 1. The molecule has 0 atom stereocenters. The van der Waals surface area contributed by atoms with Gasteiger partial charge in [0.1, 0.15) is 5.82 Å². The third-order valence-corrected chi connectivity index (χ3v) is 2.41. The molecule has 0 bridgehead atoms. The number of alkyl halides is 1. The molecule has 0 spiro atoms. The second-order valence-corrected chi connectivity index (χ2v) is 3.81. The van der Waals surface area contributed by atoms with E-state index in [0.29, 0.717) is 18.8 Å². The van der Waals surface area contributed by atoms with Crippen LogP contribution in [0.2, 0.25) is 0 Å². The predicted molar refractivity (Wildman–Crippen MR) is 59.6 cm³/mol. The maximum atomic E-state index is 11.6. The Bertz CT molecular complexity index is 287. The minimum absolute atomic E-state index is 0.136.